The van der Waals surface area contributed by atoms with E-state index >= 15 is 0 Å². The molecule has 0 aliphatic heterocycles. The van der Waals surface area contributed by atoms with Crippen LogP contribution in [0.4, 0.5) is 5.82 Å². The van der Waals surface area contributed by atoms with Crippen LogP contribution in [0.5, 0.6) is 0 Å². The zero-order chi connectivity index (χ0) is 16.8. The van der Waals surface area contributed by atoms with Crippen LogP contribution < -0.4 is 10.9 Å². The van der Waals surface area contributed by atoms with Crippen molar-refractivity contribution >= 4 is 37.7 Å². The molecule has 1 fully saturated rings. The van der Waals surface area contributed by atoms with Crippen molar-refractivity contribution in [3.63, 3.8) is 0 Å². The van der Waals surface area contributed by atoms with Gasteiger partial charge in [-0.15, -0.1) is 0 Å². The first-order chi connectivity index (χ1) is 11.0. The fourth-order valence-electron chi connectivity index (χ4n) is 1.60. The third-order valence-electron chi connectivity index (χ3n) is 2.88. The van der Waals surface area contributed by atoms with Gasteiger partial charge in [-0.3, -0.25) is 4.79 Å². The number of aromatic nitrogens is 2. The second-order valence-electron chi connectivity index (χ2n) is 4.75. The summed E-state index contributed by atoms with van der Waals surface area (Å²) >= 11 is 6.39. The summed E-state index contributed by atoms with van der Waals surface area (Å²) in [6, 6.07) is 7.65. The number of nitrogens with one attached hydrogen (secondary N) is 2. The number of hydrogen-bond donors (Lipinski definition) is 2. The van der Waals surface area contributed by atoms with Gasteiger partial charge in [-0.2, -0.15) is 10.5 Å². The molecule has 0 bridgehead atoms. The molecule has 1 saturated carbocycles. The Hall–Kier alpha value is -2.16. The minimum atomic E-state index is -0.356. The summed E-state index contributed by atoms with van der Waals surface area (Å²) in [5, 5.41) is 20.4. The third-order valence-corrected chi connectivity index (χ3v) is 3.77. The molecule has 0 spiro atoms. The molecule has 23 heavy (non-hydrogen) atoms. The molecule has 1 aliphatic carbocycles. The fourth-order valence-corrected chi connectivity index (χ4v) is 2.28. The Morgan fingerprint density at radius 2 is 1.83 bits per heavy atom. The molecule has 0 amide bonds. The molecule has 2 aromatic heterocycles. The van der Waals surface area contributed by atoms with Crippen molar-refractivity contribution in [1.82, 2.24) is 9.97 Å². The van der Waals surface area contributed by atoms with Crippen molar-refractivity contribution in [1.29, 1.82) is 10.5 Å². The topological polar surface area (TPSA) is 105 Å². The maximum Gasteiger partial charge on any atom is 0.265 e. The smallest absolute Gasteiger partial charge is 0.265 e. The summed E-state index contributed by atoms with van der Waals surface area (Å²) in [5.41, 5.74) is 0.362. The van der Waals surface area contributed by atoms with Gasteiger partial charge in [0.25, 0.3) is 5.56 Å². The van der Waals surface area contributed by atoms with Crippen molar-refractivity contribution in [2.24, 2.45) is 0 Å². The molecule has 3 rings (SSSR count). The lowest BCUT2D eigenvalue weighted by molar-refractivity contribution is 1.10. The van der Waals surface area contributed by atoms with E-state index < -0.39 is 0 Å². The first kappa shape index (κ1) is 17.2. The SMILES string of the molecule is N#Cc1cc(Br)c[nH]c1=O.N#Cc1cc(Br)cnc1NC1CC1. The van der Waals surface area contributed by atoms with Gasteiger partial charge in [-0.1, -0.05) is 0 Å². The number of nitrogens with zero attached hydrogens (tertiary/aromatic N) is 3. The summed E-state index contributed by atoms with van der Waals surface area (Å²) in [4.78, 5) is 17.2. The molecule has 2 heterocycles. The van der Waals surface area contributed by atoms with Crippen molar-refractivity contribution in [3.05, 3.63) is 55.0 Å². The number of halogens is 2. The second-order valence-corrected chi connectivity index (χ2v) is 6.58. The molecular weight excluding hydrogens is 426 g/mol. The van der Waals surface area contributed by atoms with E-state index in [9.17, 15) is 4.79 Å². The molecule has 2 aromatic rings. The van der Waals surface area contributed by atoms with Crippen LogP contribution in [-0.4, -0.2) is 16.0 Å². The zero-order valence-electron chi connectivity index (χ0n) is 11.8. The third kappa shape index (κ3) is 5.20. The van der Waals surface area contributed by atoms with Crippen LogP contribution in [-0.2, 0) is 0 Å². The molecule has 0 aromatic carbocycles. The lowest BCUT2D eigenvalue weighted by Gasteiger charge is -2.04. The van der Waals surface area contributed by atoms with E-state index in [1.54, 1.807) is 18.3 Å². The first-order valence-electron chi connectivity index (χ1n) is 6.64. The van der Waals surface area contributed by atoms with Crippen molar-refractivity contribution in [3.8, 4) is 12.1 Å². The Balaban J connectivity index is 0.000000174. The summed E-state index contributed by atoms with van der Waals surface area (Å²) in [7, 11) is 0. The van der Waals surface area contributed by atoms with E-state index in [1.165, 1.54) is 25.1 Å². The summed E-state index contributed by atoms with van der Waals surface area (Å²) in [5.74, 6) is 0.702. The first-order valence-corrected chi connectivity index (χ1v) is 8.22. The molecule has 2 N–H and O–H groups in total. The number of nitriles is 2. The molecular formula is C15H11Br2N5O. The Bertz CT molecular complexity index is 846. The average molecular weight is 437 g/mol. The van der Waals surface area contributed by atoms with Crippen molar-refractivity contribution in [2.45, 2.75) is 18.9 Å². The molecule has 116 valence electrons. The number of hydrogen-bond acceptors (Lipinski definition) is 5. The van der Waals surface area contributed by atoms with Gasteiger partial charge in [-0.25, -0.2) is 4.98 Å². The van der Waals surface area contributed by atoms with Gasteiger partial charge in [0.1, 0.15) is 23.5 Å². The molecule has 0 unspecified atom stereocenters. The largest absolute Gasteiger partial charge is 0.366 e. The van der Waals surface area contributed by atoms with Gasteiger partial charge in [0.05, 0.1) is 5.56 Å². The van der Waals surface area contributed by atoms with Gasteiger partial charge in [0.2, 0.25) is 0 Å². The Labute approximate surface area is 149 Å². The zero-order valence-corrected chi connectivity index (χ0v) is 15.0. The Morgan fingerprint density at radius 3 is 2.39 bits per heavy atom. The minimum absolute atomic E-state index is 0.120. The van der Waals surface area contributed by atoms with Crippen molar-refractivity contribution < 1.29 is 0 Å². The fraction of sp³-hybridized carbons (Fsp3) is 0.200. The average Bonchev–Trinajstić information content (AvgIpc) is 3.36. The summed E-state index contributed by atoms with van der Waals surface area (Å²) < 4.78 is 1.54. The van der Waals surface area contributed by atoms with Crippen LogP contribution in [0.1, 0.15) is 24.0 Å². The van der Waals surface area contributed by atoms with E-state index in [4.69, 9.17) is 10.5 Å². The van der Waals surface area contributed by atoms with Crippen LogP contribution >= 0.6 is 31.9 Å². The lowest BCUT2D eigenvalue weighted by atomic mass is 10.3. The highest BCUT2D eigenvalue weighted by atomic mass is 79.9. The van der Waals surface area contributed by atoms with Gasteiger partial charge in [0, 0.05) is 27.4 Å². The predicted octanol–water partition coefficient (Wildman–Crippen LogP) is 3.30. The second kappa shape index (κ2) is 7.91. The number of aromatic amines is 1. The highest BCUT2D eigenvalue weighted by Crippen LogP contribution is 2.26. The molecule has 0 saturated heterocycles. The molecule has 1 aliphatic rings. The van der Waals surface area contributed by atoms with E-state index in [0.717, 1.165) is 4.47 Å². The predicted molar refractivity (Wildman–Crippen MR) is 92.8 cm³/mol. The van der Waals surface area contributed by atoms with E-state index in [1.807, 2.05) is 0 Å². The van der Waals surface area contributed by atoms with E-state index in [0.29, 0.717) is 21.9 Å². The molecule has 6 nitrogen and oxygen atoms in total. The van der Waals surface area contributed by atoms with E-state index in [-0.39, 0.29) is 11.1 Å². The Kier molecular flexibility index (Phi) is 5.91. The van der Waals surface area contributed by atoms with Gasteiger partial charge < -0.3 is 10.3 Å². The van der Waals surface area contributed by atoms with Gasteiger partial charge in [0.15, 0.2) is 0 Å². The van der Waals surface area contributed by atoms with Crippen molar-refractivity contribution in [2.75, 3.05) is 5.32 Å². The maximum atomic E-state index is 10.7. The molecule has 8 heteroatoms. The molecule has 0 radical (unpaired) electrons. The van der Waals surface area contributed by atoms with E-state index in [2.05, 4.69) is 53.2 Å². The maximum absolute atomic E-state index is 10.7. The quantitative estimate of drug-likeness (QED) is 0.751. The number of rotatable bonds is 2. The van der Waals surface area contributed by atoms with Crippen LogP contribution in [0.3, 0.4) is 0 Å². The highest BCUT2D eigenvalue weighted by molar-refractivity contribution is 9.10. The monoisotopic (exact) mass is 435 g/mol. The van der Waals surface area contributed by atoms with Crippen LogP contribution in [0.2, 0.25) is 0 Å². The summed E-state index contributed by atoms with van der Waals surface area (Å²) in [6.45, 7) is 0. The summed E-state index contributed by atoms with van der Waals surface area (Å²) in [6.07, 6.45) is 5.56. The number of anilines is 1. The van der Waals surface area contributed by atoms with Crippen LogP contribution in [0.25, 0.3) is 0 Å². The number of H-pyrrole nitrogens is 1. The standard InChI is InChI=1S/C9H8BrN3.C6H3BrN2O/c10-7-3-6(4-11)9(12-5-7)13-8-1-2-8;7-5-1-4(2-8)6(10)9-3-5/h3,5,8H,1-2H2,(H,12,13);1,3H,(H,9,10). The van der Waals surface area contributed by atoms with Crippen LogP contribution in [0, 0.1) is 22.7 Å². The molecule has 0 atom stereocenters. The number of pyridine rings is 2. The van der Waals surface area contributed by atoms with Crippen LogP contribution in [0.15, 0.2) is 38.3 Å². The lowest BCUT2D eigenvalue weighted by Crippen LogP contribution is -2.07. The minimum Gasteiger partial charge on any atom is -0.366 e. The van der Waals surface area contributed by atoms with Gasteiger partial charge >= 0.3 is 0 Å². The highest BCUT2D eigenvalue weighted by Gasteiger charge is 2.22. The normalized spacial score (nSPS) is 12.3. The van der Waals surface area contributed by atoms with Gasteiger partial charge in [-0.05, 0) is 56.8 Å². The Morgan fingerprint density at radius 1 is 1.17 bits per heavy atom.